The first-order valence-electron chi connectivity index (χ1n) is 7.86. The molecule has 2 heterocycles. The second kappa shape index (κ2) is 6.09. The predicted molar refractivity (Wildman–Crippen MR) is 87.0 cm³/mol. The first-order valence-corrected chi connectivity index (χ1v) is 8.65. The van der Waals surface area contributed by atoms with Crippen molar-refractivity contribution < 1.29 is 9.53 Å². The number of carbonyl (C=O) groups excluding carboxylic acids is 1. The highest BCUT2D eigenvalue weighted by Crippen LogP contribution is 2.40. The van der Waals surface area contributed by atoms with Gasteiger partial charge in [-0.25, -0.2) is 0 Å². The molecule has 0 amide bonds. The van der Waals surface area contributed by atoms with E-state index in [1.165, 1.54) is 6.42 Å². The summed E-state index contributed by atoms with van der Waals surface area (Å²) < 4.78 is 7.26. The minimum atomic E-state index is -0.277. The number of Topliss-reactive ketones (excluding diaryl/α,β-unsaturated/α-hetero) is 1. The monoisotopic (exact) mass is 351 g/mol. The molecule has 0 bridgehead atoms. The Hall–Kier alpha value is -0.870. The summed E-state index contributed by atoms with van der Waals surface area (Å²) in [6, 6.07) is 5.75. The van der Waals surface area contributed by atoms with Gasteiger partial charge in [-0.1, -0.05) is 22.9 Å². The van der Waals surface area contributed by atoms with Gasteiger partial charge in [0, 0.05) is 17.4 Å². The number of carbonyl (C=O) groups is 1. The molecule has 4 heteroatoms. The number of rotatable bonds is 2. The van der Waals surface area contributed by atoms with Crippen molar-refractivity contribution >= 4 is 21.7 Å². The van der Waals surface area contributed by atoms with E-state index in [1.54, 1.807) is 0 Å². The highest BCUT2D eigenvalue weighted by Gasteiger charge is 2.41. The number of nitrogens with zero attached hydrogens (tertiary/aromatic N) is 1. The summed E-state index contributed by atoms with van der Waals surface area (Å²) in [7, 11) is 0. The largest absolute Gasteiger partial charge is 0.486 e. The molecule has 0 saturated carbocycles. The molecule has 1 aromatic carbocycles. The average Bonchev–Trinajstić information content (AvgIpc) is 2.64. The van der Waals surface area contributed by atoms with E-state index < -0.39 is 0 Å². The number of fused-ring (bicyclic) bond motifs is 1. The molecule has 3 rings (SSSR count). The van der Waals surface area contributed by atoms with Gasteiger partial charge in [-0.15, -0.1) is 0 Å². The van der Waals surface area contributed by atoms with Crippen LogP contribution in [0.5, 0.6) is 5.75 Å². The van der Waals surface area contributed by atoms with Crippen LogP contribution >= 0.6 is 15.9 Å². The summed E-state index contributed by atoms with van der Waals surface area (Å²) in [5.41, 5.74) is 0.449. The molecule has 0 radical (unpaired) electrons. The topological polar surface area (TPSA) is 29.5 Å². The molecule has 1 fully saturated rings. The molecule has 0 aliphatic carbocycles. The first kappa shape index (κ1) is 15.0. The molecule has 1 atom stereocenters. The van der Waals surface area contributed by atoms with Crippen molar-refractivity contribution in [2.75, 3.05) is 19.6 Å². The maximum absolute atomic E-state index is 12.5. The number of ether oxygens (including phenoxy) is 1. The van der Waals surface area contributed by atoms with E-state index >= 15 is 0 Å². The molecular weight excluding hydrogens is 330 g/mol. The molecule has 1 spiro atoms. The van der Waals surface area contributed by atoms with Crippen molar-refractivity contribution in [3.63, 3.8) is 0 Å². The van der Waals surface area contributed by atoms with Gasteiger partial charge in [0.05, 0.1) is 12.0 Å². The minimum absolute atomic E-state index is 0.224. The molecule has 114 valence electrons. The van der Waals surface area contributed by atoms with Gasteiger partial charge in [-0.3, -0.25) is 4.79 Å². The highest BCUT2D eigenvalue weighted by atomic mass is 79.9. The van der Waals surface area contributed by atoms with Gasteiger partial charge in [0.2, 0.25) is 0 Å². The third-order valence-corrected chi connectivity index (χ3v) is 5.07. The number of hydrogen-bond donors (Lipinski definition) is 0. The number of likely N-dealkylation sites (tertiary alicyclic amines) is 1. The summed E-state index contributed by atoms with van der Waals surface area (Å²) in [6.07, 6.45) is 4.75. The normalized spacial score (nSPS) is 26.3. The zero-order chi connectivity index (χ0) is 14.9. The maximum Gasteiger partial charge on any atom is 0.170 e. The Morgan fingerprint density at radius 2 is 2.19 bits per heavy atom. The second-order valence-electron chi connectivity index (χ2n) is 6.22. The van der Waals surface area contributed by atoms with Crippen molar-refractivity contribution in [3.05, 3.63) is 28.2 Å². The van der Waals surface area contributed by atoms with Crippen LogP contribution in [0.4, 0.5) is 0 Å². The fourth-order valence-electron chi connectivity index (χ4n) is 3.51. The Morgan fingerprint density at radius 3 is 3.00 bits per heavy atom. The quantitative estimate of drug-likeness (QED) is 0.804. The predicted octanol–water partition coefficient (Wildman–Crippen LogP) is 4.05. The number of halogens is 1. The highest BCUT2D eigenvalue weighted by molar-refractivity contribution is 9.10. The van der Waals surface area contributed by atoms with Gasteiger partial charge in [-0.05, 0) is 50.6 Å². The van der Waals surface area contributed by atoms with Crippen LogP contribution in [0.15, 0.2) is 22.7 Å². The van der Waals surface area contributed by atoms with Gasteiger partial charge in [-0.2, -0.15) is 0 Å². The molecule has 2 aliphatic rings. The summed E-state index contributed by atoms with van der Waals surface area (Å²) in [5.74, 6) is 0.986. The zero-order valence-corrected chi connectivity index (χ0v) is 14.1. The Morgan fingerprint density at radius 1 is 1.33 bits per heavy atom. The lowest BCUT2D eigenvalue weighted by molar-refractivity contribution is 0.0300. The standard InChI is InChI=1S/C17H22BrNO2/c1-2-8-19-9-3-6-17(7-10-19)12-15(20)14-11-13(18)4-5-16(14)21-17/h4-5,11H,2-3,6-10,12H2,1H3. The van der Waals surface area contributed by atoms with E-state index in [4.69, 9.17) is 4.74 Å². The summed E-state index contributed by atoms with van der Waals surface area (Å²) in [5, 5.41) is 0. The van der Waals surface area contributed by atoms with Crippen LogP contribution in [0.25, 0.3) is 0 Å². The lowest BCUT2D eigenvalue weighted by Gasteiger charge is -2.37. The van der Waals surface area contributed by atoms with Gasteiger partial charge in [0.1, 0.15) is 11.4 Å². The third-order valence-electron chi connectivity index (χ3n) is 4.58. The lowest BCUT2D eigenvalue weighted by atomic mass is 9.84. The molecule has 1 unspecified atom stereocenters. The van der Waals surface area contributed by atoms with Crippen molar-refractivity contribution in [3.8, 4) is 5.75 Å². The fourth-order valence-corrected chi connectivity index (χ4v) is 3.87. The molecular formula is C17H22BrNO2. The lowest BCUT2D eigenvalue weighted by Crippen LogP contribution is -2.43. The molecule has 1 aromatic rings. The molecule has 1 saturated heterocycles. The van der Waals surface area contributed by atoms with Crippen LogP contribution < -0.4 is 4.74 Å². The number of hydrogen-bond acceptors (Lipinski definition) is 3. The van der Waals surface area contributed by atoms with Crippen LogP contribution in [-0.4, -0.2) is 35.9 Å². The summed E-state index contributed by atoms with van der Waals surface area (Å²) >= 11 is 3.43. The fraction of sp³-hybridized carbons (Fsp3) is 0.588. The molecule has 21 heavy (non-hydrogen) atoms. The molecule has 0 N–H and O–H groups in total. The van der Waals surface area contributed by atoms with Crippen LogP contribution in [-0.2, 0) is 0 Å². The minimum Gasteiger partial charge on any atom is -0.486 e. The maximum atomic E-state index is 12.5. The van der Waals surface area contributed by atoms with E-state index in [-0.39, 0.29) is 11.4 Å². The number of ketones is 1. The van der Waals surface area contributed by atoms with E-state index in [0.29, 0.717) is 6.42 Å². The molecule has 0 aromatic heterocycles. The van der Waals surface area contributed by atoms with E-state index in [2.05, 4.69) is 27.8 Å². The summed E-state index contributed by atoms with van der Waals surface area (Å²) in [6.45, 7) is 5.52. The molecule has 3 nitrogen and oxygen atoms in total. The van der Waals surface area contributed by atoms with Gasteiger partial charge in [0.15, 0.2) is 5.78 Å². The Labute approximate surface area is 134 Å². The number of benzene rings is 1. The van der Waals surface area contributed by atoms with Crippen LogP contribution in [0.2, 0.25) is 0 Å². The second-order valence-corrected chi connectivity index (χ2v) is 7.14. The summed E-state index contributed by atoms with van der Waals surface area (Å²) in [4.78, 5) is 15.0. The first-order chi connectivity index (χ1) is 10.1. The van der Waals surface area contributed by atoms with E-state index in [9.17, 15) is 4.79 Å². The SMILES string of the molecule is CCCN1CCCC2(CC1)CC(=O)c1cc(Br)ccc1O2. The smallest absolute Gasteiger partial charge is 0.170 e. The van der Waals surface area contributed by atoms with Crippen molar-refractivity contribution in [2.45, 2.75) is 44.6 Å². The van der Waals surface area contributed by atoms with Gasteiger partial charge < -0.3 is 9.64 Å². The van der Waals surface area contributed by atoms with Gasteiger partial charge >= 0.3 is 0 Å². The zero-order valence-electron chi connectivity index (χ0n) is 12.5. The Balaban J connectivity index is 1.81. The van der Waals surface area contributed by atoms with Crippen LogP contribution in [0, 0.1) is 0 Å². The van der Waals surface area contributed by atoms with Gasteiger partial charge in [0.25, 0.3) is 0 Å². The average molecular weight is 352 g/mol. The molecule has 2 aliphatic heterocycles. The van der Waals surface area contributed by atoms with E-state index in [1.807, 2.05) is 18.2 Å². The van der Waals surface area contributed by atoms with Crippen LogP contribution in [0.3, 0.4) is 0 Å². The van der Waals surface area contributed by atoms with E-state index in [0.717, 1.165) is 54.7 Å². The third kappa shape index (κ3) is 3.16. The van der Waals surface area contributed by atoms with Crippen molar-refractivity contribution in [1.29, 1.82) is 0 Å². The van der Waals surface area contributed by atoms with Crippen molar-refractivity contribution in [1.82, 2.24) is 4.90 Å². The van der Waals surface area contributed by atoms with Crippen LogP contribution in [0.1, 0.15) is 49.4 Å². The Kier molecular flexibility index (Phi) is 4.36. The Bertz CT molecular complexity index is 546. The van der Waals surface area contributed by atoms with Crippen molar-refractivity contribution in [2.24, 2.45) is 0 Å².